The molecule has 1 N–H and O–H groups in total. The molecule has 1 aromatic rings. The van der Waals surface area contributed by atoms with Crippen molar-refractivity contribution in [1.82, 2.24) is 4.90 Å². The Morgan fingerprint density at radius 3 is 2.55 bits per heavy atom. The van der Waals surface area contributed by atoms with Gasteiger partial charge in [0.15, 0.2) is 0 Å². The summed E-state index contributed by atoms with van der Waals surface area (Å²) < 4.78 is 0. The molecule has 22 heavy (non-hydrogen) atoms. The number of thiophene rings is 1. The van der Waals surface area contributed by atoms with Crippen LogP contribution in [-0.2, 0) is 16.0 Å². The summed E-state index contributed by atoms with van der Waals surface area (Å²) in [4.78, 5) is 27.5. The second-order valence-electron chi connectivity index (χ2n) is 6.21. The molecule has 4 nitrogen and oxygen atoms in total. The average molecular weight is 323 g/mol. The van der Waals surface area contributed by atoms with E-state index in [0.29, 0.717) is 19.5 Å². The molecule has 0 saturated carbocycles. The smallest absolute Gasteiger partial charge is 0.303 e. The lowest BCUT2D eigenvalue weighted by Crippen LogP contribution is -2.38. The first kappa shape index (κ1) is 17.0. The molecule has 2 rings (SSSR count). The Hall–Kier alpha value is -1.36. The Kier molecular flexibility index (Phi) is 6.00. The van der Waals surface area contributed by atoms with Crippen LogP contribution in [0.25, 0.3) is 0 Å². The summed E-state index contributed by atoms with van der Waals surface area (Å²) in [6.45, 7) is 5.69. The normalized spacial score (nSPS) is 16.0. The number of carbonyl (C=O) groups excluding carboxylic acids is 1. The lowest BCUT2D eigenvalue weighted by Gasteiger charge is -2.31. The van der Waals surface area contributed by atoms with Crippen LogP contribution in [0.1, 0.15) is 47.4 Å². The zero-order valence-corrected chi connectivity index (χ0v) is 14.2. The van der Waals surface area contributed by atoms with Crippen molar-refractivity contribution in [3.8, 4) is 0 Å². The number of piperidine rings is 1. The van der Waals surface area contributed by atoms with E-state index in [4.69, 9.17) is 5.11 Å². The number of nitrogens with zero attached hydrogens (tertiary/aromatic N) is 1. The van der Waals surface area contributed by atoms with Crippen LogP contribution in [0.15, 0.2) is 6.07 Å². The Morgan fingerprint density at radius 1 is 1.32 bits per heavy atom. The maximum Gasteiger partial charge on any atom is 0.303 e. The van der Waals surface area contributed by atoms with Gasteiger partial charge in [-0.25, -0.2) is 0 Å². The van der Waals surface area contributed by atoms with Crippen molar-refractivity contribution in [2.24, 2.45) is 5.92 Å². The fourth-order valence-electron chi connectivity index (χ4n) is 3.15. The van der Waals surface area contributed by atoms with Crippen LogP contribution in [-0.4, -0.2) is 35.0 Å². The van der Waals surface area contributed by atoms with Gasteiger partial charge in [0.25, 0.3) is 0 Å². The number of hydrogen-bond acceptors (Lipinski definition) is 3. The molecule has 2 heterocycles. The zero-order valence-electron chi connectivity index (χ0n) is 13.4. The minimum Gasteiger partial charge on any atom is -0.481 e. The molecule has 0 aromatic carbocycles. The van der Waals surface area contributed by atoms with Crippen LogP contribution in [0.3, 0.4) is 0 Å². The molecular weight excluding hydrogens is 298 g/mol. The van der Waals surface area contributed by atoms with Crippen molar-refractivity contribution in [2.45, 2.75) is 52.4 Å². The van der Waals surface area contributed by atoms with E-state index in [9.17, 15) is 9.59 Å². The number of likely N-dealkylation sites (tertiary alicyclic amines) is 1. The Morgan fingerprint density at radius 2 is 2.00 bits per heavy atom. The van der Waals surface area contributed by atoms with Gasteiger partial charge in [-0.2, -0.15) is 0 Å². The topological polar surface area (TPSA) is 57.6 Å². The Balaban J connectivity index is 1.70. The molecule has 1 aliphatic rings. The molecular formula is C17H25NO3S. The molecule has 122 valence electrons. The number of amides is 1. The third kappa shape index (κ3) is 4.83. The third-order valence-corrected chi connectivity index (χ3v) is 5.42. The van der Waals surface area contributed by atoms with Crippen molar-refractivity contribution in [3.63, 3.8) is 0 Å². The van der Waals surface area contributed by atoms with Gasteiger partial charge in [-0.05, 0) is 57.1 Å². The zero-order chi connectivity index (χ0) is 16.1. The van der Waals surface area contributed by atoms with Crippen molar-refractivity contribution in [3.05, 3.63) is 21.4 Å². The standard InChI is InChI=1S/C17H25NO3S/c1-12-10-15(13(2)22-12)4-3-5-16(19)18-8-6-14(7-9-18)11-17(20)21/h10,14H,3-9,11H2,1-2H3,(H,20,21). The number of aryl methyl sites for hydroxylation is 3. The van der Waals surface area contributed by atoms with E-state index in [1.54, 1.807) is 0 Å². The predicted octanol–water partition coefficient (Wildman–Crippen LogP) is 3.40. The highest BCUT2D eigenvalue weighted by molar-refractivity contribution is 7.12. The van der Waals surface area contributed by atoms with Gasteiger partial charge in [0.05, 0.1) is 0 Å². The molecule has 0 unspecified atom stereocenters. The summed E-state index contributed by atoms with van der Waals surface area (Å²) in [6, 6.07) is 2.22. The number of carboxylic acids is 1. The number of rotatable bonds is 6. The molecule has 1 saturated heterocycles. The SMILES string of the molecule is Cc1cc(CCCC(=O)N2CCC(CC(=O)O)CC2)c(C)s1. The highest BCUT2D eigenvalue weighted by atomic mass is 32.1. The van der Waals surface area contributed by atoms with E-state index < -0.39 is 5.97 Å². The Bertz CT molecular complexity index is 530. The molecule has 0 radical (unpaired) electrons. The maximum atomic E-state index is 12.2. The summed E-state index contributed by atoms with van der Waals surface area (Å²) in [6.07, 6.45) is 4.33. The van der Waals surface area contributed by atoms with E-state index in [2.05, 4.69) is 19.9 Å². The molecule has 1 aliphatic heterocycles. The van der Waals surface area contributed by atoms with Crippen molar-refractivity contribution in [1.29, 1.82) is 0 Å². The molecule has 5 heteroatoms. The summed E-state index contributed by atoms with van der Waals surface area (Å²) in [7, 11) is 0. The van der Waals surface area contributed by atoms with Gasteiger partial charge in [0, 0.05) is 35.7 Å². The molecule has 0 spiro atoms. The van der Waals surface area contributed by atoms with Gasteiger partial charge in [0.2, 0.25) is 5.91 Å². The number of hydrogen-bond donors (Lipinski definition) is 1. The molecule has 1 amide bonds. The van der Waals surface area contributed by atoms with Gasteiger partial charge in [-0.1, -0.05) is 0 Å². The van der Waals surface area contributed by atoms with Crippen LogP contribution in [0.2, 0.25) is 0 Å². The number of carbonyl (C=O) groups is 2. The fourth-order valence-corrected chi connectivity index (χ4v) is 4.13. The average Bonchev–Trinajstić information content (AvgIpc) is 2.77. The first-order valence-electron chi connectivity index (χ1n) is 8.01. The lowest BCUT2D eigenvalue weighted by atomic mass is 9.93. The van der Waals surface area contributed by atoms with Gasteiger partial charge >= 0.3 is 5.97 Å². The van der Waals surface area contributed by atoms with Crippen LogP contribution in [0.4, 0.5) is 0 Å². The Labute approximate surface area is 136 Å². The monoisotopic (exact) mass is 323 g/mol. The first-order valence-corrected chi connectivity index (χ1v) is 8.83. The van der Waals surface area contributed by atoms with Crippen molar-refractivity contribution < 1.29 is 14.7 Å². The van der Waals surface area contributed by atoms with E-state index in [1.165, 1.54) is 15.3 Å². The van der Waals surface area contributed by atoms with Crippen LogP contribution >= 0.6 is 11.3 Å². The first-order chi connectivity index (χ1) is 10.5. The minimum atomic E-state index is -0.730. The summed E-state index contributed by atoms with van der Waals surface area (Å²) >= 11 is 1.82. The van der Waals surface area contributed by atoms with Crippen molar-refractivity contribution in [2.75, 3.05) is 13.1 Å². The largest absolute Gasteiger partial charge is 0.481 e. The minimum absolute atomic E-state index is 0.221. The summed E-state index contributed by atoms with van der Waals surface area (Å²) in [5.74, 6) is -0.275. The quantitative estimate of drug-likeness (QED) is 0.873. The van der Waals surface area contributed by atoms with Gasteiger partial charge in [-0.15, -0.1) is 11.3 Å². The molecule has 0 aliphatic carbocycles. The van der Waals surface area contributed by atoms with Crippen LogP contribution in [0, 0.1) is 19.8 Å². The molecule has 1 aromatic heterocycles. The predicted molar refractivity (Wildman–Crippen MR) is 88.3 cm³/mol. The fraction of sp³-hybridized carbons (Fsp3) is 0.647. The molecule has 1 fully saturated rings. The number of carboxylic acid groups (broad SMARTS) is 1. The van der Waals surface area contributed by atoms with Gasteiger partial charge in [-0.3, -0.25) is 9.59 Å². The van der Waals surface area contributed by atoms with Crippen LogP contribution in [0.5, 0.6) is 0 Å². The van der Waals surface area contributed by atoms with Crippen molar-refractivity contribution >= 4 is 23.2 Å². The highest BCUT2D eigenvalue weighted by Gasteiger charge is 2.23. The van der Waals surface area contributed by atoms with E-state index in [-0.39, 0.29) is 18.2 Å². The lowest BCUT2D eigenvalue weighted by molar-refractivity contribution is -0.138. The molecule has 0 atom stereocenters. The van der Waals surface area contributed by atoms with Gasteiger partial charge < -0.3 is 10.0 Å². The van der Waals surface area contributed by atoms with Crippen LogP contribution < -0.4 is 0 Å². The highest BCUT2D eigenvalue weighted by Crippen LogP contribution is 2.23. The number of aliphatic carboxylic acids is 1. The second-order valence-corrected chi connectivity index (χ2v) is 7.67. The summed E-state index contributed by atoms with van der Waals surface area (Å²) in [5, 5.41) is 8.81. The second kappa shape index (κ2) is 7.77. The maximum absolute atomic E-state index is 12.2. The van der Waals surface area contributed by atoms with E-state index in [0.717, 1.165) is 25.7 Å². The summed E-state index contributed by atoms with van der Waals surface area (Å²) in [5.41, 5.74) is 1.37. The van der Waals surface area contributed by atoms with E-state index >= 15 is 0 Å². The molecule has 0 bridgehead atoms. The third-order valence-electron chi connectivity index (χ3n) is 4.41. The van der Waals surface area contributed by atoms with E-state index in [1.807, 2.05) is 16.2 Å². The van der Waals surface area contributed by atoms with Gasteiger partial charge in [0.1, 0.15) is 0 Å².